The second-order valence-corrected chi connectivity index (χ2v) is 10.1. The van der Waals surface area contributed by atoms with Crippen LogP contribution in [0.3, 0.4) is 0 Å². The van der Waals surface area contributed by atoms with E-state index in [1.54, 1.807) is 36.4 Å². The van der Waals surface area contributed by atoms with Gasteiger partial charge in [0, 0.05) is 44.7 Å². The molecule has 1 amide bonds. The van der Waals surface area contributed by atoms with Gasteiger partial charge >= 0.3 is 5.97 Å². The topological polar surface area (TPSA) is 190 Å². The number of hydrogen-bond donors (Lipinski definition) is 3. The highest BCUT2D eigenvalue weighted by atomic mass is 16.6. The number of benzene rings is 1. The number of nitrogens with one attached hydrogen (secondary N) is 1. The third-order valence-electron chi connectivity index (χ3n) is 6.44. The zero-order valence-corrected chi connectivity index (χ0v) is 22.5. The van der Waals surface area contributed by atoms with Crippen LogP contribution in [0.5, 0.6) is 5.75 Å². The lowest BCUT2D eigenvalue weighted by Gasteiger charge is -2.37. The minimum Gasteiger partial charge on any atom is -0.493 e. The number of esters is 1. The first kappa shape index (κ1) is 26.9. The van der Waals surface area contributed by atoms with Crippen LogP contribution in [0, 0.1) is 0 Å². The molecule has 1 fully saturated rings. The molecule has 3 aromatic heterocycles. The molecular formula is C26H31N9O5. The summed E-state index contributed by atoms with van der Waals surface area (Å²) in [5.74, 6) is -0.203. The van der Waals surface area contributed by atoms with Gasteiger partial charge in [-0.15, -0.1) is 0 Å². The molecule has 14 nitrogen and oxygen atoms in total. The van der Waals surface area contributed by atoms with Gasteiger partial charge in [-0.25, -0.2) is 9.97 Å². The Bertz CT molecular complexity index is 1540. The lowest BCUT2D eigenvalue weighted by molar-refractivity contribution is -0.155. The van der Waals surface area contributed by atoms with E-state index in [-0.39, 0.29) is 24.0 Å². The number of fused-ring (bicyclic) bond motifs is 1. The van der Waals surface area contributed by atoms with Gasteiger partial charge in [0.05, 0.1) is 36.9 Å². The van der Waals surface area contributed by atoms with Gasteiger partial charge in [0.1, 0.15) is 16.9 Å². The molecule has 0 bridgehead atoms. The predicted molar refractivity (Wildman–Crippen MR) is 145 cm³/mol. The second kappa shape index (κ2) is 10.8. The van der Waals surface area contributed by atoms with Gasteiger partial charge in [0.15, 0.2) is 17.1 Å². The fourth-order valence-electron chi connectivity index (χ4n) is 4.24. The number of aryl methyl sites for hydroxylation is 1. The number of anilines is 3. The van der Waals surface area contributed by atoms with E-state index in [1.165, 1.54) is 0 Å². The van der Waals surface area contributed by atoms with Crippen LogP contribution in [-0.2, 0) is 16.6 Å². The quantitative estimate of drug-likeness (QED) is 0.231. The summed E-state index contributed by atoms with van der Waals surface area (Å²) in [5, 5.41) is 7.12. The zero-order valence-electron chi connectivity index (χ0n) is 22.5. The first-order valence-corrected chi connectivity index (χ1v) is 12.7. The number of hydrogen-bond acceptors (Lipinski definition) is 12. The summed E-state index contributed by atoms with van der Waals surface area (Å²) in [6.07, 6.45) is 5.50. The molecule has 0 unspecified atom stereocenters. The van der Waals surface area contributed by atoms with Crippen LogP contribution in [-0.4, -0.2) is 68.5 Å². The first-order valence-electron chi connectivity index (χ1n) is 12.7. The zero-order chi connectivity index (χ0) is 28.4. The fraction of sp³-hybridized carbons (Fsp3) is 0.385. The first-order chi connectivity index (χ1) is 19.1. The molecule has 40 heavy (non-hydrogen) atoms. The molecule has 0 spiro atoms. The smallest absolute Gasteiger partial charge is 0.320 e. The molecule has 0 atom stereocenters. The monoisotopic (exact) mass is 549 g/mol. The summed E-state index contributed by atoms with van der Waals surface area (Å²) >= 11 is 0. The summed E-state index contributed by atoms with van der Waals surface area (Å²) in [6, 6.07) is 5.90. The number of ether oxygens (including phenoxy) is 2. The molecule has 4 aromatic rings. The minimum absolute atomic E-state index is 0.0312. The number of amides is 1. The molecule has 0 radical (unpaired) electrons. The molecule has 0 saturated carbocycles. The predicted octanol–water partition coefficient (Wildman–Crippen LogP) is 1.85. The van der Waals surface area contributed by atoms with Crippen LogP contribution in [0.1, 0.15) is 42.4 Å². The maximum absolute atomic E-state index is 12.1. The van der Waals surface area contributed by atoms with E-state index < -0.39 is 17.5 Å². The van der Waals surface area contributed by atoms with E-state index in [4.69, 9.17) is 25.4 Å². The highest BCUT2D eigenvalue weighted by molar-refractivity contribution is 5.96. The Morgan fingerprint density at radius 2 is 2.02 bits per heavy atom. The highest BCUT2D eigenvalue weighted by Crippen LogP contribution is 2.34. The number of nitrogens with zero attached hydrogens (tertiary/aromatic N) is 6. The van der Waals surface area contributed by atoms with E-state index in [0.29, 0.717) is 60.4 Å². The Morgan fingerprint density at radius 1 is 1.23 bits per heavy atom. The number of rotatable bonds is 11. The molecule has 4 heterocycles. The standard InChI is InChI=1S/C26H31N9O5/c1-26(2,40-21(36)9-27)6-7-38-17-4-5-18-20(8-17)39-25(33-18)35-12-15(13-35)19-11-29-24(22(32-19)23(28)37)31-16-10-30-34(3)14-16/h4-5,8,10-11,14-15H,6-7,9,12-13,27H2,1-3H3,(H2,28,37)(H,29,31). The summed E-state index contributed by atoms with van der Waals surface area (Å²) < 4.78 is 18.8. The van der Waals surface area contributed by atoms with E-state index in [9.17, 15) is 9.59 Å². The highest BCUT2D eigenvalue weighted by Gasteiger charge is 2.33. The molecule has 14 heteroatoms. The van der Waals surface area contributed by atoms with E-state index >= 15 is 0 Å². The van der Waals surface area contributed by atoms with Crippen molar-refractivity contribution in [1.29, 1.82) is 0 Å². The SMILES string of the molecule is Cn1cc(Nc2ncc(C3CN(c4nc5ccc(OCCC(C)(C)OC(=O)CN)cc5o4)C3)nc2C(N)=O)cn1. The Morgan fingerprint density at radius 3 is 2.73 bits per heavy atom. The maximum Gasteiger partial charge on any atom is 0.320 e. The normalized spacial score (nSPS) is 13.8. The summed E-state index contributed by atoms with van der Waals surface area (Å²) in [7, 11) is 1.79. The van der Waals surface area contributed by atoms with Crippen molar-refractivity contribution < 1.29 is 23.5 Å². The van der Waals surface area contributed by atoms with Gasteiger partial charge in [-0.3, -0.25) is 14.3 Å². The van der Waals surface area contributed by atoms with Gasteiger partial charge in [-0.05, 0) is 26.0 Å². The number of primary amides is 1. The number of carbonyl (C=O) groups excluding carboxylic acids is 2. The summed E-state index contributed by atoms with van der Waals surface area (Å²) in [4.78, 5) is 39.0. The molecule has 1 aliphatic heterocycles. The van der Waals surface area contributed by atoms with Crippen LogP contribution in [0.25, 0.3) is 11.1 Å². The fourth-order valence-corrected chi connectivity index (χ4v) is 4.24. The van der Waals surface area contributed by atoms with E-state index in [0.717, 1.165) is 0 Å². The molecular weight excluding hydrogens is 518 g/mol. The average molecular weight is 550 g/mol. The van der Waals surface area contributed by atoms with Gasteiger partial charge in [0.25, 0.3) is 11.9 Å². The molecule has 1 aromatic carbocycles. The molecule has 5 rings (SSSR count). The number of oxazole rings is 1. The van der Waals surface area contributed by atoms with Crippen molar-refractivity contribution in [2.24, 2.45) is 18.5 Å². The van der Waals surface area contributed by atoms with Crippen molar-refractivity contribution in [1.82, 2.24) is 24.7 Å². The molecule has 1 saturated heterocycles. The van der Waals surface area contributed by atoms with Crippen molar-refractivity contribution in [2.75, 3.05) is 36.5 Å². The van der Waals surface area contributed by atoms with Crippen LogP contribution in [0.2, 0.25) is 0 Å². The summed E-state index contributed by atoms with van der Waals surface area (Å²) in [5.41, 5.74) is 12.9. The van der Waals surface area contributed by atoms with Crippen LogP contribution >= 0.6 is 0 Å². The van der Waals surface area contributed by atoms with E-state index in [1.807, 2.05) is 30.9 Å². The number of nitrogens with two attached hydrogens (primary N) is 2. The second-order valence-electron chi connectivity index (χ2n) is 10.1. The lowest BCUT2D eigenvalue weighted by atomic mass is 9.97. The van der Waals surface area contributed by atoms with Gasteiger partial charge in [-0.1, -0.05) is 0 Å². The summed E-state index contributed by atoms with van der Waals surface area (Å²) in [6.45, 7) is 4.99. The molecule has 1 aliphatic rings. The number of carbonyl (C=O) groups is 2. The Kier molecular flexibility index (Phi) is 7.26. The lowest BCUT2D eigenvalue weighted by Crippen LogP contribution is -2.45. The largest absolute Gasteiger partial charge is 0.493 e. The van der Waals surface area contributed by atoms with Crippen LogP contribution in [0.15, 0.2) is 41.2 Å². The molecule has 5 N–H and O–H groups in total. The van der Waals surface area contributed by atoms with Gasteiger partial charge in [-0.2, -0.15) is 10.1 Å². The Hall–Kier alpha value is -4.72. The Labute approximate surface area is 229 Å². The van der Waals surface area contributed by atoms with Crippen LogP contribution < -0.4 is 26.4 Å². The Balaban J connectivity index is 1.20. The third-order valence-corrected chi connectivity index (χ3v) is 6.44. The van der Waals surface area contributed by atoms with Crippen molar-refractivity contribution in [3.8, 4) is 5.75 Å². The van der Waals surface area contributed by atoms with Crippen molar-refractivity contribution in [2.45, 2.75) is 31.8 Å². The van der Waals surface area contributed by atoms with Crippen molar-refractivity contribution >= 4 is 40.5 Å². The molecule has 0 aliphatic carbocycles. The third kappa shape index (κ3) is 5.96. The van der Waals surface area contributed by atoms with Crippen molar-refractivity contribution in [3.63, 3.8) is 0 Å². The van der Waals surface area contributed by atoms with E-state index in [2.05, 4.69) is 25.4 Å². The average Bonchev–Trinajstić information content (AvgIpc) is 3.48. The molecule has 210 valence electrons. The van der Waals surface area contributed by atoms with Crippen LogP contribution in [0.4, 0.5) is 17.5 Å². The maximum atomic E-state index is 12.1. The minimum atomic E-state index is -0.688. The van der Waals surface area contributed by atoms with Gasteiger partial charge < -0.3 is 35.6 Å². The number of aromatic nitrogens is 5. The van der Waals surface area contributed by atoms with Crippen molar-refractivity contribution in [3.05, 3.63) is 48.2 Å². The van der Waals surface area contributed by atoms with Gasteiger partial charge in [0.2, 0.25) is 0 Å².